The highest BCUT2D eigenvalue weighted by Crippen LogP contribution is 2.04. The van der Waals surface area contributed by atoms with Crippen molar-refractivity contribution in [2.24, 2.45) is 0 Å². The summed E-state index contributed by atoms with van der Waals surface area (Å²) in [5.41, 5.74) is 0.996. The van der Waals surface area contributed by atoms with E-state index in [2.05, 4.69) is 27.8 Å². The summed E-state index contributed by atoms with van der Waals surface area (Å²) in [7, 11) is 0. The van der Waals surface area contributed by atoms with Gasteiger partial charge in [-0.15, -0.1) is 0 Å². The molecule has 1 nitrogen and oxygen atoms in total. The molecule has 3 heteroatoms. The molecule has 0 amide bonds. The molecule has 0 atom stereocenters. The highest BCUT2D eigenvalue weighted by atomic mass is 79.9. The maximum absolute atomic E-state index is 12.6. The Hall–Kier alpha value is -0.930. The maximum Gasteiger partial charge on any atom is 0.123 e. The van der Waals surface area contributed by atoms with Crippen LogP contribution in [0, 0.1) is 5.82 Å². The molecule has 15 heavy (non-hydrogen) atoms. The predicted octanol–water partition coefficient (Wildman–Crippen LogP) is 3.34. The monoisotopic (exact) mass is 269 g/mol. The van der Waals surface area contributed by atoms with Crippen molar-refractivity contribution >= 4 is 22.0 Å². The third-order valence-corrected chi connectivity index (χ3v) is 2.04. The van der Waals surface area contributed by atoms with Gasteiger partial charge in [-0.05, 0) is 17.7 Å². The van der Waals surface area contributed by atoms with Crippen LogP contribution in [0.2, 0.25) is 0 Å². The molecule has 0 bridgehead atoms. The van der Waals surface area contributed by atoms with Gasteiger partial charge in [-0.25, -0.2) is 4.39 Å². The quantitative estimate of drug-likeness (QED) is 0.809. The van der Waals surface area contributed by atoms with Crippen LogP contribution in [0.25, 0.3) is 6.08 Å². The van der Waals surface area contributed by atoms with E-state index in [4.69, 9.17) is 0 Å². The first kappa shape index (κ1) is 12.1. The lowest BCUT2D eigenvalue weighted by Crippen LogP contribution is -2.14. The third kappa shape index (κ3) is 5.50. The Morgan fingerprint density at radius 1 is 1.40 bits per heavy atom. The van der Waals surface area contributed by atoms with E-state index in [1.54, 1.807) is 12.1 Å². The van der Waals surface area contributed by atoms with Crippen LogP contribution in [-0.4, -0.2) is 13.1 Å². The molecule has 0 fully saturated rings. The molecule has 0 unspecified atom stereocenters. The van der Waals surface area contributed by atoms with E-state index < -0.39 is 0 Å². The number of benzene rings is 1. The van der Waals surface area contributed by atoms with Gasteiger partial charge in [-0.2, -0.15) is 0 Å². The lowest BCUT2D eigenvalue weighted by Gasteiger charge is -1.98. The van der Waals surface area contributed by atoms with Crippen LogP contribution >= 0.6 is 15.9 Å². The Morgan fingerprint density at radius 2 is 2.07 bits per heavy atom. The molecular formula is C12H13BrFN. The zero-order chi connectivity index (χ0) is 11.1. The maximum atomic E-state index is 12.6. The molecule has 0 aliphatic carbocycles. The van der Waals surface area contributed by atoms with E-state index in [1.165, 1.54) is 12.1 Å². The number of nitrogens with one attached hydrogen (secondary N) is 1. The van der Waals surface area contributed by atoms with Gasteiger partial charge in [0, 0.05) is 17.6 Å². The second-order valence-corrected chi connectivity index (χ2v) is 4.22. The van der Waals surface area contributed by atoms with E-state index in [9.17, 15) is 4.39 Å². The molecule has 0 radical (unpaired) electrons. The lowest BCUT2D eigenvalue weighted by molar-refractivity contribution is 0.628. The van der Waals surface area contributed by atoms with Gasteiger partial charge in [0.1, 0.15) is 5.82 Å². The highest BCUT2D eigenvalue weighted by molar-refractivity contribution is 9.11. The molecule has 1 aromatic carbocycles. The normalized spacial score (nSPS) is 10.8. The van der Waals surface area contributed by atoms with Gasteiger partial charge in [-0.3, -0.25) is 0 Å². The molecule has 0 heterocycles. The zero-order valence-electron chi connectivity index (χ0n) is 8.34. The molecule has 0 aliphatic heterocycles. The van der Waals surface area contributed by atoms with Crippen molar-refractivity contribution in [3.05, 3.63) is 52.8 Å². The Balaban J connectivity index is 2.32. The highest BCUT2D eigenvalue weighted by Gasteiger charge is 1.88. The summed E-state index contributed by atoms with van der Waals surface area (Å²) in [5.74, 6) is -0.208. The Morgan fingerprint density at radius 3 is 2.67 bits per heavy atom. The van der Waals surface area contributed by atoms with Crippen molar-refractivity contribution < 1.29 is 4.39 Å². The summed E-state index contributed by atoms with van der Waals surface area (Å²) in [6.07, 6.45) is 3.94. The fraction of sp³-hybridized carbons (Fsp3) is 0.167. The van der Waals surface area contributed by atoms with Crippen LogP contribution < -0.4 is 5.32 Å². The number of hydrogen-bond acceptors (Lipinski definition) is 1. The third-order valence-electron chi connectivity index (χ3n) is 1.76. The summed E-state index contributed by atoms with van der Waals surface area (Å²) in [6, 6.07) is 6.39. The Bertz CT molecular complexity index is 343. The minimum absolute atomic E-state index is 0.208. The Labute approximate surface area is 97.8 Å². The summed E-state index contributed by atoms with van der Waals surface area (Å²) in [6.45, 7) is 5.22. The smallest absolute Gasteiger partial charge is 0.123 e. The average Bonchev–Trinajstić information content (AvgIpc) is 2.20. The second-order valence-electron chi connectivity index (χ2n) is 3.10. The molecule has 0 saturated carbocycles. The van der Waals surface area contributed by atoms with Crippen molar-refractivity contribution in [2.75, 3.05) is 13.1 Å². The van der Waals surface area contributed by atoms with E-state index >= 15 is 0 Å². The van der Waals surface area contributed by atoms with Gasteiger partial charge in [0.2, 0.25) is 0 Å². The molecule has 1 aromatic rings. The van der Waals surface area contributed by atoms with Gasteiger partial charge in [0.15, 0.2) is 0 Å². The molecule has 0 spiro atoms. The second kappa shape index (κ2) is 6.53. The van der Waals surface area contributed by atoms with Crippen LogP contribution in [0.3, 0.4) is 0 Å². The fourth-order valence-electron chi connectivity index (χ4n) is 1.06. The van der Waals surface area contributed by atoms with Crippen molar-refractivity contribution in [3.63, 3.8) is 0 Å². The van der Waals surface area contributed by atoms with Crippen molar-refractivity contribution in [1.29, 1.82) is 0 Å². The Kier molecular flexibility index (Phi) is 5.29. The minimum Gasteiger partial charge on any atom is -0.309 e. The number of halogens is 2. The number of rotatable bonds is 5. The predicted molar refractivity (Wildman–Crippen MR) is 66.4 cm³/mol. The molecule has 0 aliphatic rings. The van der Waals surface area contributed by atoms with Crippen LogP contribution in [-0.2, 0) is 0 Å². The molecule has 1 N–H and O–H groups in total. The molecule has 0 saturated heterocycles. The van der Waals surface area contributed by atoms with Crippen molar-refractivity contribution in [1.82, 2.24) is 5.32 Å². The van der Waals surface area contributed by atoms with Crippen LogP contribution in [0.4, 0.5) is 4.39 Å². The SMILES string of the molecule is C=C(Br)CNC/C=C/c1ccc(F)cc1. The van der Waals surface area contributed by atoms with Gasteiger partial charge < -0.3 is 5.32 Å². The lowest BCUT2D eigenvalue weighted by atomic mass is 10.2. The van der Waals surface area contributed by atoms with Crippen LogP contribution in [0.5, 0.6) is 0 Å². The van der Waals surface area contributed by atoms with Gasteiger partial charge in [0.05, 0.1) is 0 Å². The van der Waals surface area contributed by atoms with E-state index in [-0.39, 0.29) is 5.82 Å². The summed E-state index contributed by atoms with van der Waals surface area (Å²) >= 11 is 3.26. The summed E-state index contributed by atoms with van der Waals surface area (Å²) < 4.78 is 13.5. The molecular weight excluding hydrogens is 257 g/mol. The average molecular weight is 270 g/mol. The van der Waals surface area contributed by atoms with Crippen molar-refractivity contribution in [3.8, 4) is 0 Å². The summed E-state index contributed by atoms with van der Waals surface area (Å²) in [5, 5.41) is 3.16. The number of hydrogen-bond donors (Lipinski definition) is 1. The largest absolute Gasteiger partial charge is 0.309 e. The van der Waals surface area contributed by atoms with E-state index in [0.29, 0.717) is 0 Å². The van der Waals surface area contributed by atoms with Gasteiger partial charge >= 0.3 is 0 Å². The molecule has 80 valence electrons. The van der Waals surface area contributed by atoms with Crippen LogP contribution in [0.1, 0.15) is 5.56 Å². The van der Waals surface area contributed by atoms with Gasteiger partial charge in [0.25, 0.3) is 0 Å². The van der Waals surface area contributed by atoms with E-state index in [1.807, 2.05) is 12.2 Å². The van der Waals surface area contributed by atoms with E-state index in [0.717, 1.165) is 23.1 Å². The zero-order valence-corrected chi connectivity index (χ0v) is 9.93. The van der Waals surface area contributed by atoms with Crippen LogP contribution in [0.15, 0.2) is 41.4 Å². The summed E-state index contributed by atoms with van der Waals surface area (Å²) in [4.78, 5) is 0. The first-order chi connectivity index (χ1) is 7.18. The van der Waals surface area contributed by atoms with Crippen molar-refractivity contribution in [2.45, 2.75) is 0 Å². The first-order valence-corrected chi connectivity index (χ1v) is 5.44. The molecule has 0 aromatic heterocycles. The molecule has 1 rings (SSSR count). The van der Waals surface area contributed by atoms with Gasteiger partial charge in [-0.1, -0.05) is 46.8 Å². The topological polar surface area (TPSA) is 12.0 Å². The first-order valence-electron chi connectivity index (χ1n) is 4.64. The standard InChI is InChI=1S/C12H13BrFN/c1-10(13)9-15-8-2-3-11-4-6-12(14)7-5-11/h2-7,15H,1,8-9H2/b3-2+. The fourth-order valence-corrected chi connectivity index (χ4v) is 1.26. The minimum atomic E-state index is -0.208.